The molecule has 0 spiro atoms. The molecular weight excluding hydrogens is 361 g/mol. The third-order valence-corrected chi connectivity index (χ3v) is 6.36. The molecule has 0 aromatic heterocycles. The number of fused-ring (bicyclic) bond motifs is 4. The van der Waals surface area contributed by atoms with E-state index in [1.807, 2.05) is 30.3 Å². The summed E-state index contributed by atoms with van der Waals surface area (Å²) in [4.78, 5) is 2.55. The van der Waals surface area contributed by atoms with Crippen LogP contribution >= 0.6 is 12.4 Å². The Bertz CT molecular complexity index is 701. The molecule has 1 aliphatic carbocycles. The van der Waals surface area contributed by atoms with Crippen molar-refractivity contribution in [2.45, 2.75) is 37.7 Å². The first kappa shape index (κ1) is 20.3. The fourth-order valence-electron chi connectivity index (χ4n) is 4.80. The van der Waals surface area contributed by atoms with Crippen LogP contribution in [0.25, 0.3) is 0 Å². The van der Waals surface area contributed by atoms with Crippen molar-refractivity contribution in [1.29, 1.82) is 0 Å². The molecule has 2 aromatic carbocycles. The summed E-state index contributed by atoms with van der Waals surface area (Å²) in [6, 6.07) is 16.1. The van der Waals surface area contributed by atoms with E-state index in [4.69, 9.17) is 0 Å². The standard InChI is InChI=1S/C23H28FNO.ClH/c24-22-12-10-21(11-13-22)23(26,20-4-2-1-3-5-20)14-15-25-16-18-6-7-19(17-25)9-8-18;/h1-5,10-13,18-19,26H,6-9,14-17H2;1H. The van der Waals surface area contributed by atoms with E-state index in [9.17, 15) is 9.50 Å². The van der Waals surface area contributed by atoms with Gasteiger partial charge in [-0.05, 0) is 67.2 Å². The van der Waals surface area contributed by atoms with Crippen LogP contribution in [0.1, 0.15) is 43.2 Å². The van der Waals surface area contributed by atoms with Gasteiger partial charge in [-0.2, -0.15) is 0 Å². The van der Waals surface area contributed by atoms with E-state index in [2.05, 4.69) is 4.90 Å². The van der Waals surface area contributed by atoms with Gasteiger partial charge in [-0.25, -0.2) is 4.39 Å². The Kier molecular flexibility index (Phi) is 6.56. The molecule has 1 N–H and O–H groups in total. The van der Waals surface area contributed by atoms with Gasteiger partial charge in [0.25, 0.3) is 0 Å². The summed E-state index contributed by atoms with van der Waals surface area (Å²) in [6.07, 6.45) is 6.08. The number of hydrogen-bond donors (Lipinski definition) is 1. The van der Waals surface area contributed by atoms with Crippen LogP contribution in [0.3, 0.4) is 0 Å². The average Bonchev–Trinajstić information content (AvgIpc) is 3.00. The predicted molar refractivity (Wildman–Crippen MR) is 110 cm³/mol. The van der Waals surface area contributed by atoms with Crippen LogP contribution in [0.5, 0.6) is 0 Å². The molecule has 3 fully saturated rings. The van der Waals surface area contributed by atoms with Crippen LogP contribution in [0, 0.1) is 17.7 Å². The minimum atomic E-state index is -1.08. The van der Waals surface area contributed by atoms with Crippen molar-refractivity contribution in [2.75, 3.05) is 19.6 Å². The second kappa shape index (κ2) is 8.72. The summed E-state index contributed by atoms with van der Waals surface area (Å²) in [5.41, 5.74) is 0.563. The normalized spacial score (nSPS) is 24.7. The van der Waals surface area contributed by atoms with Crippen LogP contribution in [0.15, 0.2) is 54.6 Å². The zero-order valence-electron chi connectivity index (χ0n) is 15.7. The van der Waals surface area contributed by atoms with E-state index in [0.717, 1.165) is 42.6 Å². The molecule has 2 aromatic rings. The molecule has 5 rings (SSSR count). The number of rotatable bonds is 5. The molecule has 4 heteroatoms. The highest BCUT2D eigenvalue weighted by atomic mass is 35.5. The van der Waals surface area contributed by atoms with Crippen molar-refractivity contribution in [1.82, 2.24) is 4.90 Å². The van der Waals surface area contributed by atoms with Crippen LogP contribution in [-0.2, 0) is 5.60 Å². The highest BCUT2D eigenvalue weighted by Gasteiger charge is 2.34. The summed E-state index contributed by atoms with van der Waals surface area (Å²) >= 11 is 0. The van der Waals surface area contributed by atoms with Crippen molar-refractivity contribution in [3.63, 3.8) is 0 Å². The smallest absolute Gasteiger partial charge is 0.123 e. The summed E-state index contributed by atoms with van der Waals surface area (Å²) in [6.45, 7) is 3.19. The van der Waals surface area contributed by atoms with Crippen molar-refractivity contribution in [3.8, 4) is 0 Å². The Labute approximate surface area is 167 Å². The van der Waals surface area contributed by atoms with Crippen molar-refractivity contribution in [3.05, 3.63) is 71.5 Å². The quantitative estimate of drug-likeness (QED) is 0.778. The molecule has 2 nitrogen and oxygen atoms in total. The molecule has 1 saturated carbocycles. The van der Waals surface area contributed by atoms with Gasteiger partial charge in [-0.15, -0.1) is 12.4 Å². The third kappa shape index (κ3) is 4.53. The Morgan fingerprint density at radius 2 is 1.37 bits per heavy atom. The van der Waals surface area contributed by atoms with Gasteiger partial charge in [0.1, 0.15) is 11.4 Å². The zero-order valence-corrected chi connectivity index (χ0v) is 16.5. The Balaban J connectivity index is 0.00000210. The number of hydrogen-bond acceptors (Lipinski definition) is 2. The lowest BCUT2D eigenvalue weighted by molar-refractivity contribution is 0.0558. The van der Waals surface area contributed by atoms with Crippen LogP contribution in [-0.4, -0.2) is 29.6 Å². The molecule has 1 unspecified atom stereocenters. The SMILES string of the molecule is Cl.OC(CCN1CC2CCC(CC2)C1)(c1ccccc1)c1ccc(F)cc1. The van der Waals surface area contributed by atoms with Crippen molar-refractivity contribution in [2.24, 2.45) is 11.8 Å². The summed E-state index contributed by atoms with van der Waals surface area (Å²) in [5, 5.41) is 11.6. The predicted octanol–water partition coefficient (Wildman–Crippen LogP) is 5.00. The van der Waals surface area contributed by atoms with Crippen LogP contribution < -0.4 is 0 Å². The van der Waals surface area contributed by atoms with E-state index in [1.54, 1.807) is 12.1 Å². The van der Waals surface area contributed by atoms with Gasteiger partial charge in [-0.3, -0.25) is 0 Å². The number of halogens is 2. The Morgan fingerprint density at radius 3 is 1.93 bits per heavy atom. The van der Waals surface area contributed by atoms with E-state index in [0.29, 0.717) is 6.42 Å². The highest BCUT2D eigenvalue weighted by molar-refractivity contribution is 5.85. The lowest BCUT2D eigenvalue weighted by atomic mass is 9.83. The molecule has 2 aliphatic heterocycles. The molecule has 2 bridgehead atoms. The first-order valence-electron chi connectivity index (χ1n) is 9.90. The van der Waals surface area contributed by atoms with E-state index < -0.39 is 5.60 Å². The lowest BCUT2D eigenvalue weighted by Crippen LogP contribution is -2.36. The maximum Gasteiger partial charge on any atom is 0.123 e. The molecule has 2 saturated heterocycles. The molecular formula is C23H29ClFNO. The largest absolute Gasteiger partial charge is 0.380 e. The van der Waals surface area contributed by atoms with Crippen LogP contribution in [0.4, 0.5) is 4.39 Å². The second-order valence-corrected chi connectivity index (χ2v) is 8.13. The van der Waals surface area contributed by atoms with Gasteiger partial charge in [0.05, 0.1) is 0 Å². The number of benzene rings is 2. The number of aliphatic hydroxyl groups is 1. The molecule has 0 radical (unpaired) electrons. The van der Waals surface area contributed by atoms with Crippen molar-refractivity contribution >= 4 is 12.4 Å². The van der Waals surface area contributed by atoms with E-state index in [-0.39, 0.29) is 18.2 Å². The first-order chi connectivity index (χ1) is 12.6. The summed E-state index contributed by atoms with van der Waals surface area (Å²) in [7, 11) is 0. The average molecular weight is 390 g/mol. The van der Waals surface area contributed by atoms with Gasteiger partial charge >= 0.3 is 0 Å². The van der Waals surface area contributed by atoms with Crippen molar-refractivity contribution < 1.29 is 9.50 Å². The van der Waals surface area contributed by atoms with Gasteiger partial charge in [0.15, 0.2) is 0 Å². The van der Waals surface area contributed by atoms with Gasteiger partial charge in [0.2, 0.25) is 0 Å². The molecule has 2 heterocycles. The molecule has 0 amide bonds. The maximum absolute atomic E-state index is 13.4. The third-order valence-electron chi connectivity index (χ3n) is 6.36. The van der Waals surface area contributed by atoms with Gasteiger partial charge < -0.3 is 10.0 Å². The second-order valence-electron chi connectivity index (χ2n) is 8.13. The van der Waals surface area contributed by atoms with Gasteiger partial charge in [0, 0.05) is 19.6 Å². The Morgan fingerprint density at radius 1 is 0.852 bits per heavy atom. The molecule has 146 valence electrons. The van der Waals surface area contributed by atoms with Gasteiger partial charge in [-0.1, -0.05) is 42.5 Å². The first-order valence-corrected chi connectivity index (χ1v) is 9.90. The Hall–Kier alpha value is -1.42. The molecule has 27 heavy (non-hydrogen) atoms. The topological polar surface area (TPSA) is 23.5 Å². The van der Waals surface area contributed by atoms with E-state index >= 15 is 0 Å². The highest BCUT2D eigenvalue weighted by Crippen LogP contribution is 2.36. The van der Waals surface area contributed by atoms with Crippen LogP contribution in [0.2, 0.25) is 0 Å². The minimum Gasteiger partial charge on any atom is -0.380 e. The summed E-state index contributed by atoms with van der Waals surface area (Å²) < 4.78 is 13.4. The fourth-order valence-corrected chi connectivity index (χ4v) is 4.80. The molecule has 1 atom stereocenters. The fraction of sp³-hybridized carbons (Fsp3) is 0.478. The minimum absolute atomic E-state index is 0. The number of nitrogens with zero attached hydrogens (tertiary/aromatic N) is 1. The zero-order chi connectivity index (χ0) is 18.0. The monoisotopic (exact) mass is 389 g/mol. The molecule has 3 aliphatic rings. The maximum atomic E-state index is 13.4. The summed E-state index contributed by atoms with van der Waals surface area (Å²) in [5.74, 6) is 1.38. The van der Waals surface area contributed by atoms with E-state index in [1.165, 1.54) is 37.8 Å². The lowest BCUT2D eigenvalue weighted by Gasteiger charge is -2.32.